The summed E-state index contributed by atoms with van der Waals surface area (Å²) in [6.45, 7) is 6.30. The summed E-state index contributed by atoms with van der Waals surface area (Å²) in [5.74, 6) is 0.459. The summed E-state index contributed by atoms with van der Waals surface area (Å²) in [5.41, 5.74) is 1.80. The maximum atomic E-state index is 12.5. The Morgan fingerprint density at radius 3 is 2.52 bits per heavy atom. The lowest BCUT2D eigenvalue weighted by atomic mass is 9.89. The van der Waals surface area contributed by atoms with Crippen LogP contribution in [0.25, 0.3) is 0 Å². The van der Waals surface area contributed by atoms with E-state index in [4.69, 9.17) is 9.84 Å². The van der Waals surface area contributed by atoms with E-state index in [0.29, 0.717) is 17.0 Å². The monoisotopic (exact) mass is 317 g/mol. The van der Waals surface area contributed by atoms with E-state index in [9.17, 15) is 4.79 Å². The fourth-order valence-electron chi connectivity index (χ4n) is 2.21. The molecule has 0 unspecified atom stereocenters. The Morgan fingerprint density at radius 2 is 1.96 bits per heavy atom. The molecule has 0 atom stereocenters. The van der Waals surface area contributed by atoms with Crippen molar-refractivity contribution in [3.63, 3.8) is 0 Å². The molecule has 0 aliphatic rings. The van der Waals surface area contributed by atoms with E-state index in [1.807, 2.05) is 20.8 Å². The van der Waals surface area contributed by atoms with Crippen LogP contribution in [0.3, 0.4) is 0 Å². The average molecular weight is 317 g/mol. The maximum Gasteiger partial charge on any atom is 0.259 e. The number of aliphatic hydroxyl groups is 1. The van der Waals surface area contributed by atoms with Crippen molar-refractivity contribution < 1.29 is 14.6 Å². The second-order valence-electron chi connectivity index (χ2n) is 6.37. The number of aliphatic hydroxyl groups excluding tert-OH is 1. The molecule has 0 aliphatic carbocycles. The molecule has 2 N–H and O–H groups in total. The number of nitrogens with zero attached hydrogens (tertiary/aromatic N) is 2. The van der Waals surface area contributed by atoms with Crippen molar-refractivity contribution in [1.82, 2.24) is 9.78 Å². The Hall–Kier alpha value is -2.34. The third kappa shape index (κ3) is 4.32. The van der Waals surface area contributed by atoms with Crippen molar-refractivity contribution in [3.05, 3.63) is 41.7 Å². The average Bonchev–Trinajstić information content (AvgIpc) is 2.89. The second-order valence-corrected chi connectivity index (χ2v) is 6.37. The smallest absolute Gasteiger partial charge is 0.259 e. The van der Waals surface area contributed by atoms with Crippen LogP contribution in [0.4, 0.5) is 5.69 Å². The Balaban J connectivity index is 2.13. The zero-order valence-electron chi connectivity index (χ0n) is 14.0. The highest BCUT2D eigenvalue weighted by atomic mass is 16.5. The van der Waals surface area contributed by atoms with Crippen molar-refractivity contribution in [1.29, 1.82) is 0 Å². The van der Waals surface area contributed by atoms with Crippen LogP contribution in [-0.4, -0.2) is 34.0 Å². The van der Waals surface area contributed by atoms with Crippen LogP contribution in [0, 0.1) is 0 Å². The summed E-state index contributed by atoms with van der Waals surface area (Å²) in [5, 5.41) is 16.0. The van der Waals surface area contributed by atoms with Crippen LogP contribution in [0.2, 0.25) is 0 Å². The van der Waals surface area contributed by atoms with Gasteiger partial charge in [0.15, 0.2) is 0 Å². The van der Waals surface area contributed by atoms with Crippen LogP contribution in [0.15, 0.2) is 30.5 Å². The number of rotatable bonds is 5. The van der Waals surface area contributed by atoms with Gasteiger partial charge in [0, 0.05) is 24.3 Å². The van der Waals surface area contributed by atoms with Crippen LogP contribution in [0.1, 0.15) is 36.8 Å². The number of ether oxygens (including phenoxy) is 1. The number of hydrogen-bond donors (Lipinski definition) is 2. The number of anilines is 1. The van der Waals surface area contributed by atoms with Gasteiger partial charge in [0.25, 0.3) is 5.91 Å². The van der Waals surface area contributed by atoms with Crippen LogP contribution >= 0.6 is 0 Å². The van der Waals surface area contributed by atoms with Gasteiger partial charge in [-0.05, 0) is 24.3 Å². The van der Waals surface area contributed by atoms with E-state index in [0.717, 1.165) is 5.69 Å². The lowest BCUT2D eigenvalue weighted by Crippen LogP contribution is -2.20. The summed E-state index contributed by atoms with van der Waals surface area (Å²) >= 11 is 0. The molecule has 0 fully saturated rings. The second kappa shape index (κ2) is 6.83. The molecule has 0 aliphatic heterocycles. The molecule has 0 radical (unpaired) electrons. The largest absolute Gasteiger partial charge is 0.491 e. The molecule has 6 nitrogen and oxygen atoms in total. The predicted molar refractivity (Wildman–Crippen MR) is 88.9 cm³/mol. The van der Waals surface area contributed by atoms with Crippen molar-refractivity contribution in [2.45, 2.75) is 26.2 Å². The highest BCUT2D eigenvalue weighted by Gasteiger charge is 2.25. The lowest BCUT2D eigenvalue weighted by molar-refractivity contribution is 0.102. The SMILES string of the molecule is Cn1cc(C(=O)Nc2ccc(OCCO)cc2)c(C(C)(C)C)n1. The summed E-state index contributed by atoms with van der Waals surface area (Å²) in [6.07, 6.45) is 1.73. The zero-order chi connectivity index (χ0) is 17.0. The first-order valence-electron chi connectivity index (χ1n) is 7.50. The van der Waals surface area contributed by atoms with Gasteiger partial charge in [0.05, 0.1) is 17.9 Å². The van der Waals surface area contributed by atoms with Gasteiger partial charge in [-0.3, -0.25) is 9.48 Å². The van der Waals surface area contributed by atoms with Crippen molar-refractivity contribution in [2.75, 3.05) is 18.5 Å². The molecular formula is C17H23N3O3. The quantitative estimate of drug-likeness (QED) is 0.887. The van der Waals surface area contributed by atoms with E-state index in [2.05, 4.69) is 10.4 Å². The normalized spacial score (nSPS) is 11.3. The topological polar surface area (TPSA) is 76.4 Å². The van der Waals surface area contributed by atoms with Gasteiger partial charge in [0.1, 0.15) is 12.4 Å². The molecule has 23 heavy (non-hydrogen) atoms. The van der Waals surface area contributed by atoms with Crippen molar-refractivity contribution in [3.8, 4) is 5.75 Å². The van der Waals surface area contributed by atoms with Crippen LogP contribution in [0.5, 0.6) is 5.75 Å². The number of aromatic nitrogens is 2. The molecule has 2 aromatic rings. The van der Waals surface area contributed by atoms with E-state index >= 15 is 0 Å². The fourth-order valence-corrected chi connectivity index (χ4v) is 2.21. The molecule has 1 amide bonds. The summed E-state index contributed by atoms with van der Waals surface area (Å²) in [6, 6.07) is 7.02. The number of benzene rings is 1. The molecule has 6 heteroatoms. The number of aryl methyl sites for hydroxylation is 1. The van der Waals surface area contributed by atoms with Gasteiger partial charge >= 0.3 is 0 Å². The Morgan fingerprint density at radius 1 is 1.30 bits per heavy atom. The zero-order valence-corrected chi connectivity index (χ0v) is 14.0. The first-order chi connectivity index (χ1) is 10.8. The summed E-state index contributed by atoms with van der Waals surface area (Å²) in [7, 11) is 1.80. The number of carbonyl (C=O) groups excluding carboxylic acids is 1. The minimum Gasteiger partial charge on any atom is -0.491 e. The van der Waals surface area contributed by atoms with Crippen LogP contribution in [-0.2, 0) is 12.5 Å². The molecule has 1 aromatic carbocycles. The highest BCUT2D eigenvalue weighted by Crippen LogP contribution is 2.25. The third-order valence-corrected chi connectivity index (χ3v) is 3.26. The molecule has 2 rings (SSSR count). The lowest BCUT2D eigenvalue weighted by Gasteiger charge is -2.17. The number of hydrogen-bond acceptors (Lipinski definition) is 4. The molecule has 1 heterocycles. The first-order valence-corrected chi connectivity index (χ1v) is 7.50. The number of carbonyl (C=O) groups is 1. The minimum absolute atomic E-state index is 0.0327. The van der Waals surface area contributed by atoms with E-state index in [-0.39, 0.29) is 24.5 Å². The van der Waals surface area contributed by atoms with E-state index in [1.165, 1.54) is 0 Å². The number of nitrogens with one attached hydrogen (secondary N) is 1. The van der Waals surface area contributed by atoms with Gasteiger partial charge in [-0.15, -0.1) is 0 Å². The Bertz CT molecular complexity index is 669. The number of amides is 1. The molecular weight excluding hydrogens is 294 g/mol. The van der Waals surface area contributed by atoms with Gasteiger partial charge in [-0.25, -0.2) is 0 Å². The van der Waals surface area contributed by atoms with Gasteiger partial charge in [-0.2, -0.15) is 5.10 Å². The van der Waals surface area contributed by atoms with Crippen molar-refractivity contribution in [2.24, 2.45) is 7.05 Å². The van der Waals surface area contributed by atoms with Crippen LogP contribution < -0.4 is 10.1 Å². The molecule has 0 bridgehead atoms. The summed E-state index contributed by atoms with van der Waals surface area (Å²) < 4.78 is 6.94. The van der Waals surface area contributed by atoms with Gasteiger partial charge in [-0.1, -0.05) is 20.8 Å². The molecule has 0 saturated heterocycles. The fraction of sp³-hybridized carbons (Fsp3) is 0.412. The molecule has 124 valence electrons. The molecule has 0 spiro atoms. The molecule has 0 saturated carbocycles. The van der Waals surface area contributed by atoms with E-state index < -0.39 is 0 Å². The van der Waals surface area contributed by atoms with E-state index in [1.54, 1.807) is 42.2 Å². The highest BCUT2D eigenvalue weighted by molar-refractivity contribution is 6.05. The maximum absolute atomic E-state index is 12.5. The molecule has 1 aromatic heterocycles. The Kier molecular flexibility index (Phi) is 5.05. The minimum atomic E-state index is -0.212. The third-order valence-electron chi connectivity index (χ3n) is 3.26. The van der Waals surface area contributed by atoms with Gasteiger partial charge < -0.3 is 15.2 Å². The standard InChI is InChI=1S/C17H23N3O3/c1-17(2,3)15-14(11-20(4)19-15)16(22)18-12-5-7-13(8-6-12)23-10-9-21/h5-8,11,21H,9-10H2,1-4H3,(H,18,22). The predicted octanol–water partition coefficient (Wildman–Crippen LogP) is 2.34. The Labute approximate surface area is 136 Å². The first kappa shape index (κ1) is 17.0. The summed E-state index contributed by atoms with van der Waals surface area (Å²) in [4.78, 5) is 12.5. The van der Waals surface area contributed by atoms with Crippen molar-refractivity contribution >= 4 is 11.6 Å². The van der Waals surface area contributed by atoms with Gasteiger partial charge in [0.2, 0.25) is 0 Å².